The Hall–Kier alpha value is -1.85. The first-order valence-electron chi connectivity index (χ1n) is 11.4. The first kappa shape index (κ1) is 25.2. The maximum atomic E-state index is 13.2. The van der Waals surface area contributed by atoms with E-state index < -0.39 is 11.9 Å². The van der Waals surface area contributed by atoms with Crippen molar-refractivity contribution < 1.29 is 22.7 Å². The average Bonchev–Trinajstić information content (AvgIpc) is 3.45. The van der Waals surface area contributed by atoms with Gasteiger partial charge in [0.1, 0.15) is 5.00 Å². The van der Waals surface area contributed by atoms with E-state index in [1.807, 2.05) is 0 Å². The third kappa shape index (κ3) is 5.52. The molecule has 2 N–H and O–H groups in total. The Morgan fingerprint density at radius 2 is 2.06 bits per heavy atom. The van der Waals surface area contributed by atoms with E-state index >= 15 is 0 Å². The zero-order valence-corrected chi connectivity index (χ0v) is 21.1. The quantitative estimate of drug-likeness (QED) is 0.249. The normalized spacial score (nSPS) is 15.7. The van der Waals surface area contributed by atoms with Crippen LogP contribution in [0.1, 0.15) is 77.1 Å². The van der Waals surface area contributed by atoms with Gasteiger partial charge in [0.2, 0.25) is 0 Å². The van der Waals surface area contributed by atoms with Crippen LogP contribution >= 0.6 is 35.2 Å². The molecule has 34 heavy (non-hydrogen) atoms. The Balaban J connectivity index is 1.36. The van der Waals surface area contributed by atoms with Crippen LogP contribution in [-0.4, -0.2) is 34.0 Å². The van der Waals surface area contributed by atoms with Gasteiger partial charge in [-0.05, 0) is 69.7 Å². The molecule has 6 nitrogen and oxygen atoms in total. The van der Waals surface area contributed by atoms with E-state index in [9.17, 15) is 18.0 Å². The molecule has 0 aliphatic heterocycles. The summed E-state index contributed by atoms with van der Waals surface area (Å²) >= 11 is 13.0. The molecular weight excluding hydrogens is 509 g/mol. The molecule has 12 heteroatoms. The van der Waals surface area contributed by atoms with Crippen molar-refractivity contribution in [2.24, 2.45) is 0 Å². The van der Waals surface area contributed by atoms with E-state index in [0.29, 0.717) is 47.5 Å². The van der Waals surface area contributed by atoms with Gasteiger partial charge in [0.05, 0.1) is 22.9 Å². The molecule has 1 saturated carbocycles. The molecule has 0 saturated heterocycles. The molecule has 0 bridgehead atoms. The van der Waals surface area contributed by atoms with Crippen LogP contribution in [0.2, 0.25) is 5.02 Å². The minimum atomic E-state index is -4.58. The number of rotatable bonds is 8. The van der Waals surface area contributed by atoms with Crippen LogP contribution in [0.4, 0.5) is 18.2 Å². The van der Waals surface area contributed by atoms with Crippen molar-refractivity contribution in [1.82, 2.24) is 15.1 Å². The lowest BCUT2D eigenvalue weighted by atomic mass is 9.95. The van der Waals surface area contributed by atoms with Gasteiger partial charge in [-0.1, -0.05) is 11.6 Å². The maximum Gasteiger partial charge on any atom is 0.436 e. The molecule has 0 atom stereocenters. The third-order valence-corrected chi connectivity index (χ3v) is 7.70. The van der Waals surface area contributed by atoms with Crippen molar-refractivity contribution in [3.8, 4) is 0 Å². The molecule has 0 unspecified atom stereocenters. The fourth-order valence-corrected chi connectivity index (χ4v) is 6.15. The largest absolute Gasteiger partial charge is 0.462 e. The van der Waals surface area contributed by atoms with Gasteiger partial charge in [0.15, 0.2) is 10.8 Å². The second-order valence-corrected chi connectivity index (χ2v) is 10.3. The first-order valence-corrected chi connectivity index (χ1v) is 13.0. The molecule has 0 amide bonds. The lowest BCUT2D eigenvalue weighted by Crippen LogP contribution is -2.30. The molecule has 4 rings (SSSR count). The Morgan fingerprint density at radius 1 is 1.32 bits per heavy atom. The molecule has 0 spiro atoms. The van der Waals surface area contributed by atoms with Crippen LogP contribution in [0.15, 0.2) is 0 Å². The third-order valence-electron chi connectivity index (χ3n) is 5.87. The lowest BCUT2D eigenvalue weighted by molar-refractivity contribution is -0.141. The highest BCUT2D eigenvalue weighted by Gasteiger charge is 2.41. The number of hydrogen-bond acceptors (Lipinski definition) is 5. The van der Waals surface area contributed by atoms with E-state index in [1.54, 1.807) is 6.92 Å². The lowest BCUT2D eigenvalue weighted by Gasteiger charge is -2.13. The number of carbonyl (C=O) groups is 1. The van der Waals surface area contributed by atoms with E-state index in [1.165, 1.54) is 20.9 Å². The average molecular weight is 535 g/mol. The molecule has 186 valence electrons. The standard InChI is InChI=1S/C22H26ClF3N4O2S2/c1-2-32-20(31)15-13-6-3-4-7-14(13)34-19(15)28-21(33)27-10-5-11-30-17(12-8-9-12)16(23)18(29-30)22(24,25)26/h12H,2-11H2,1H3,(H2,27,28,33). The summed E-state index contributed by atoms with van der Waals surface area (Å²) in [6.45, 7) is 2.78. The summed E-state index contributed by atoms with van der Waals surface area (Å²) in [6, 6.07) is 0. The summed E-state index contributed by atoms with van der Waals surface area (Å²) in [7, 11) is 0. The van der Waals surface area contributed by atoms with Crippen molar-refractivity contribution >= 4 is 51.2 Å². The molecular formula is C22H26ClF3N4O2S2. The summed E-state index contributed by atoms with van der Waals surface area (Å²) in [6.07, 6.45) is 1.48. The molecule has 1 fully saturated rings. The number of esters is 1. The number of hydrogen-bond donors (Lipinski definition) is 2. The molecule has 0 radical (unpaired) electrons. The minimum absolute atomic E-state index is 0.0398. The predicted molar refractivity (Wildman–Crippen MR) is 130 cm³/mol. The van der Waals surface area contributed by atoms with E-state index in [4.69, 9.17) is 28.6 Å². The van der Waals surface area contributed by atoms with Crippen LogP contribution < -0.4 is 10.6 Å². The van der Waals surface area contributed by atoms with Crippen LogP contribution in [0.25, 0.3) is 0 Å². The van der Waals surface area contributed by atoms with Gasteiger partial charge in [-0.15, -0.1) is 11.3 Å². The summed E-state index contributed by atoms with van der Waals surface area (Å²) in [4.78, 5) is 13.8. The van der Waals surface area contributed by atoms with Gasteiger partial charge < -0.3 is 15.4 Å². The number of alkyl halides is 3. The number of anilines is 1. The molecule has 2 aromatic heterocycles. The summed E-state index contributed by atoms with van der Waals surface area (Å²) < 4.78 is 46.3. The number of carbonyl (C=O) groups excluding carboxylic acids is 1. The van der Waals surface area contributed by atoms with E-state index in [0.717, 1.165) is 44.1 Å². The SMILES string of the molecule is CCOC(=O)c1c(NC(=S)NCCCn2nc(C(F)(F)F)c(Cl)c2C2CC2)sc2c1CCCC2. The number of fused-ring (bicyclic) bond motifs is 1. The molecule has 2 heterocycles. The summed E-state index contributed by atoms with van der Waals surface area (Å²) in [5, 5.41) is 10.7. The molecule has 2 aliphatic carbocycles. The van der Waals surface area contributed by atoms with Gasteiger partial charge in [-0.2, -0.15) is 18.3 Å². The topological polar surface area (TPSA) is 68.2 Å². The maximum absolute atomic E-state index is 13.2. The van der Waals surface area contributed by atoms with Crippen molar-refractivity contribution in [3.63, 3.8) is 0 Å². The number of nitrogens with zero attached hydrogens (tertiary/aromatic N) is 2. The van der Waals surface area contributed by atoms with Gasteiger partial charge in [-0.3, -0.25) is 4.68 Å². The summed E-state index contributed by atoms with van der Waals surface area (Å²) in [5.41, 5.74) is 1.06. The van der Waals surface area contributed by atoms with Crippen LogP contribution in [0.5, 0.6) is 0 Å². The summed E-state index contributed by atoms with van der Waals surface area (Å²) in [5.74, 6) is -0.311. The smallest absolute Gasteiger partial charge is 0.436 e. The van der Waals surface area contributed by atoms with E-state index in [2.05, 4.69) is 15.7 Å². The Labute approximate surface area is 210 Å². The van der Waals surface area contributed by atoms with Gasteiger partial charge in [0, 0.05) is 23.9 Å². The zero-order valence-electron chi connectivity index (χ0n) is 18.7. The van der Waals surface area contributed by atoms with Gasteiger partial charge in [0.25, 0.3) is 0 Å². The zero-order chi connectivity index (χ0) is 24.5. The van der Waals surface area contributed by atoms with Crippen molar-refractivity contribution in [1.29, 1.82) is 0 Å². The van der Waals surface area contributed by atoms with E-state index in [-0.39, 0.29) is 16.9 Å². The Bertz CT molecular complexity index is 1080. The van der Waals surface area contributed by atoms with Crippen LogP contribution in [0, 0.1) is 0 Å². The number of thiocarbonyl (C=S) groups is 1. The van der Waals surface area contributed by atoms with Gasteiger partial charge in [-0.25, -0.2) is 4.79 Å². The fourth-order valence-electron chi connectivity index (χ4n) is 4.20. The molecule has 2 aliphatic rings. The number of thiophene rings is 1. The van der Waals surface area contributed by atoms with Crippen molar-refractivity contribution in [2.45, 2.75) is 70.5 Å². The Kier molecular flexibility index (Phi) is 7.73. The highest BCUT2D eigenvalue weighted by molar-refractivity contribution is 7.80. The van der Waals surface area contributed by atoms with Gasteiger partial charge >= 0.3 is 12.1 Å². The monoisotopic (exact) mass is 534 g/mol. The first-order chi connectivity index (χ1) is 16.2. The minimum Gasteiger partial charge on any atom is -0.462 e. The fraction of sp³-hybridized carbons (Fsp3) is 0.591. The number of aromatic nitrogens is 2. The molecule has 0 aromatic carbocycles. The van der Waals surface area contributed by atoms with Crippen LogP contribution in [0.3, 0.4) is 0 Å². The number of nitrogens with one attached hydrogen (secondary N) is 2. The predicted octanol–water partition coefficient (Wildman–Crippen LogP) is 5.93. The van der Waals surface area contributed by atoms with Crippen LogP contribution in [-0.2, 0) is 30.3 Å². The highest BCUT2D eigenvalue weighted by atomic mass is 35.5. The molecule has 2 aromatic rings. The number of halogens is 4. The second-order valence-electron chi connectivity index (χ2n) is 8.41. The number of aryl methyl sites for hydroxylation is 2. The highest BCUT2D eigenvalue weighted by Crippen LogP contribution is 2.47. The van der Waals surface area contributed by atoms with Crippen molar-refractivity contribution in [3.05, 3.63) is 32.4 Å². The Morgan fingerprint density at radius 3 is 2.74 bits per heavy atom. The number of ether oxygens (including phenoxy) is 1. The van der Waals surface area contributed by atoms with Crippen molar-refractivity contribution in [2.75, 3.05) is 18.5 Å². The second kappa shape index (κ2) is 10.4.